The molecule has 0 aliphatic carbocycles. The first-order chi connectivity index (χ1) is 10.6. The summed E-state index contributed by atoms with van der Waals surface area (Å²) in [6.45, 7) is -0.215. The van der Waals surface area contributed by atoms with E-state index in [0.29, 0.717) is 17.0 Å². The Bertz CT molecular complexity index is 631. The minimum absolute atomic E-state index is 0.158. The van der Waals surface area contributed by atoms with Crippen LogP contribution < -0.4 is 5.32 Å². The summed E-state index contributed by atoms with van der Waals surface area (Å²) in [4.78, 5) is 12.0. The smallest absolute Gasteiger partial charge is 0.220 e. The van der Waals surface area contributed by atoms with Crippen molar-refractivity contribution in [2.75, 3.05) is 6.61 Å². The van der Waals surface area contributed by atoms with Gasteiger partial charge in [-0.2, -0.15) is 0 Å². The Kier molecular flexibility index (Phi) is 5.92. The Morgan fingerprint density at radius 3 is 2.50 bits per heavy atom. The zero-order valence-corrected chi connectivity index (χ0v) is 12.7. The number of aliphatic hydroxyl groups is 1. The Labute approximate surface area is 133 Å². The summed E-state index contributed by atoms with van der Waals surface area (Å²) in [5.41, 5.74) is 1.27. The molecule has 22 heavy (non-hydrogen) atoms. The molecule has 0 aromatic heterocycles. The van der Waals surface area contributed by atoms with E-state index in [4.69, 9.17) is 11.6 Å². The van der Waals surface area contributed by atoms with Gasteiger partial charge in [0.25, 0.3) is 0 Å². The van der Waals surface area contributed by atoms with Crippen molar-refractivity contribution in [2.45, 2.75) is 18.9 Å². The molecule has 0 aliphatic rings. The summed E-state index contributed by atoms with van der Waals surface area (Å²) >= 11 is 5.81. The van der Waals surface area contributed by atoms with E-state index in [0.717, 1.165) is 5.56 Å². The van der Waals surface area contributed by atoms with Gasteiger partial charge in [-0.1, -0.05) is 41.9 Å². The van der Waals surface area contributed by atoms with Crippen molar-refractivity contribution in [2.24, 2.45) is 0 Å². The molecular formula is C17H17ClFNO2. The highest BCUT2D eigenvalue weighted by molar-refractivity contribution is 6.30. The number of aryl methyl sites for hydroxylation is 1. The van der Waals surface area contributed by atoms with Gasteiger partial charge in [0.15, 0.2) is 0 Å². The third kappa shape index (κ3) is 4.55. The molecule has 0 aliphatic heterocycles. The summed E-state index contributed by atoms with van der Waals surface area (Å²) in [6.07, 6.45) is 0.475. The lowest BCUT2D eigenvalue weighted by Gasteiger charge is -2.17. The average molecular weight is 322 g/mol. The second-order valence-electron chi connectivity index (χ2n) is 4.95. The third-order valence-corrected chi connectivity index (χ3v) is 3.62. The molecule has 2 rings (SSSR count). The SMILES string of the molecule is O=C(CCc1ccccc1F)NC(CO)c1ccc(Cl)cc1. The predicted octanol–water partition coefficient (Wildman–Crippen LogP) is 3.26. The molecule has 1 amide bonds. The predicted molar refractivity (Wildman–Crippen MR) is 84.1 cm³/mol. The molecule has 2 N–H and O–H groups in total. The van der Waals surface area contributed by atoms with E-state index in [1.165, 1.54) is 6.07 Å². The van der Waals surface area contributed by atoms with Gasteiger partial charge in [0, 0.05) is 11.4 Å². The number of halogens is 2. The number of aliphatic hydroxyl groups excluding tert-OH is 1. The highest BCUT2D eigenvalue weighted by atomic mass is 35.5. The van der Waals surface area contributed by atoms with E-state index in [9.17, 15) is 14.3 Å². The molecule has 1 atom stereocenters. The molecule has 0 fully saturated rings. The van der Waals surface area contributed by atoms with Gasteiger partial charge in [-0.3, -0.25) is 4.79 Å². The zero-order chi connectivity index (χ0) is 15.9. The van der Waals surface area contributed by atoms with E-state index in [1.807, 2.05) is 0 Å². The van der Waals surface area contributed by atoms with Gasteiger partial charge in [-0.15, -0.1) is 0 Å². The monoisotopic (exact) mass is 321 g/mol. The van der Waals surface area contributed by atoms with E-state index in [-0.39, 0.29) is 24.8 Å². The molecule has 0 bridgehead atoms. The van der Waals surface area contributed by atoms with Crippen LogP contribution in [0.4, 0.5) is 4.39 Å². The fourth-order valence-corrected chi connectivity index (χ4v) is 2.27. The molecule has 1 unspecified atom stereocenters. The van der Waals surface area contributed by atoms with Crippen LogP contribution in [0.3, 0.4) is 0 Å². The van der Waals surface area contributed by atoms with Crippen molar-refractivity contribution >= 4 is 17.5 Å². The van der Waals surface area contributed by atoms with Gasteiger partial charge in [0.1, 0.15) is 5.82 Å². The number of benzene rings is 2. The second-order valence-corrected chi connectivity index (χ2v) is 5.38. The minimum atomic E-state index is -0.495. The van der Waals surface area contributed by atoms with Crippen LogP contribution in [0.15, 0.2) is 48.5 Å². The van der Waals surface area contributed by atoms with Gasteiger partial charge >= 0.3 is 0 Å². The molecule has 0 saturated heterocycles. The largest absolute Gasteiger partial charge is 0.394 e. The van der Waals surface area contributed by atoms with Crippen molar-refractivity contribution in [3.8, 4) is 0 Å². The van der Waals surface area contributed by atoms with Crippen LogP contribution in [0.25, 0.3) is 0 Å². The van der Waals surface area contributed by atoms with Crippen LogP contribution in [-0.2, 0) is 11.2 Å². The van der Waals surface area contributed by atoms with Gasteiger partial charge in [0.2, 0.25) is 5.91 Å². The fourth-order valence-electron chi connectivity index (χ4n) is 2.15. The molecule has 0 radical (unpaired) electrons. The number of amides is 1. The molecule has 2 aromatic carbocycles. The lowest BCUT2D eigenvalue weighted by molar-refractivity contribution is -0.122. The lowest BCUT2D eigenvalue weighted by Crippen LogP contribution is -2.30. The molecular weight excluding hydrogens is 305 g/mol. The summed E-state index contributed by atoms with van der Waals surface area (Å²) in [5.74, 6) is -0.552. The summed E-state index contributed by atoms with van der Waals surface area (Å²) < 4.78 is 13.5. The zero-order valence-electron chi connectivity index (χ0n) is 11.9. The van der Waals surface area contributed by atoms with Crippen LogP contribution in [-0.4, -0.2) is 17.6 Å². The third-order valence-electron chi connectivity index (χ3n) is 3.37. The first-order valence-corrected chi connectivity index (χ1v) is 7.37. The van der Waals surface area contributed by atoms with Crippen LogP contribution in [0.1, 0.15) is 23.6 Å². The maximum absolute atomic E-state index is 13.5. The standard InChI is InChI=1S/C17H17ClFNO2/c18-14-8-5-13(6-9-14)16(11-21)20-17(22)10-7-12-3-1-2-4-15(12)19/h1-6,8-9,16,21H,7,10-11H2,(H,20,22). The van der Waals surface area contributed by atoms with E-state index >= 15 is 0 Å². The van der Waals surface area contributed by atoms with Crippen LogP contribution in [0.2, 0.25) is 5.02 Å². The van der Waals surface area contributed by atoms with Crippen molar-refractivity contribution < 1.29 is 14.3 Å². The highest BCUT2D eigenvalue weighted by Crippen LogP contribution is 2.16. The second kappa shape index (κ2) is 7.92. The minimum Gasteiger partial charge on any atom is -0.394 e. The van der Waals surface area contributed by atoms with Gasteiger partial charge in [-0.05, 0) is 35.7 Å². The van der Waals surface area contributed by atoms with Crippen LogP contribution >= 0.6 is 11.6 Å². The van der Waals surface area contributed by atoms with Crippen molar-refractivity contribution in [3.63, 3.8) is 0 Å². The highest BCUT2D eigenvalue weighted by Gasteiger charge is 2.14. The van der Waals surface area contributed by atoms with E-state index in [1.54, 1.807) is 42.5 Å². The maximum atomic E-state index is 13.5. The van der Waals surface area contributed by atoms with Crippen LogP contribution in [0.5, 0.6) is 0 Å². The van der Waals surface area contributed by atoms with Crippen LogP contribution in [0, 0.1) is 5.82 Å². The molecule has 5 heteroatoms. The number of rotatable bonds is 6. The number of carbonyl (C=O) groups is 1. The molecule has 0 heterocycles. The molecule has 116 valence electrons. The Morgan fingerprint density at radius 2 is 1.86 bits per heavy atom. The average Bonchev–Trinajstić information content (AvgIpc) is 2.53. The molecule has 2 aromatic rings. The molecule has 0 spiro atoms. The molecule has 0 saturated carbocycles. The number of nitrogens with one attached hydrogen (secondary N) is 1. The van der Waals surface area contributed by atoms with E-state index < -0.39 is 6.04 Å². The topological polar surface area (TPSA) is 49.3 Å². The Hall–Kier alpha value is -1.91. The van der Waals surface area contributed by atoms with Gasteiger partial charge in [-0.25, -0.2) is 4.39 Å². The number of hydrogen-bond acceptors (Lipinski definition) is 2. The van der Waals surface area contributed by atoms with Crippen molar-refractivity contribution in [3.05, 3.63) is 70.5 Å². The summed E-state index contributed by atoms with van der Waals surface area (Å²) in [7, 11) is 0. The normalized spacial score (nSPS) is 12.0. The molecule has 3 nitrogen and oxygen atoms in total. The van der Waals surface area contributed by atoms with E-state index in [2.05, 4.69) is 5.32 Å². The maximum Gasteiger partial charge on any atom is 0.220 e. The first-order valence-electron chi connectivity index (χ1n) is 6.99. The van der Waals surface area contributed by atoms with Crippen molar-refractivity contribution in [1.82, 2.24) is 5.32 Å². The fraction of sp³-hybridized carbons (Fsp3) is 0.235. The Morgan fingerprint density at radius 1 is 1.18 bits per heavy atom. The van der Waals surface area contributed by atoms with Gasteiger partial charge in [0.05, 0.1) is 12.6 Å². The summed E-state index contributed by atoms with van der Waals surface area (Å²) in [5, 5.41) is 12.7. The number of carbonyl (C=O) groups excluding carboxylic acids is 1. The van der Waals surface area contributed by atoms with Gasteiger partial charge < -0.3 is 10.4 Å². The lowest BCUT2D eigenvalue weighted by atomic mass is 10.1. The quantitative estimate of drug-likeness (QED) is 0.858. The van der Waals surface area contributed by atoms with Crippen molar-refractivity contribution in [1.29, 1.82) is 0 Å². The number of hydrogen-bond donors (Lipinski definition) is 2. The Balaban J connectivity index is 1.92. The summed E-state index contributed by atoms with van der Waals surface area (Å²) in [6, 6.07) is 12.8. The first kappa shape index (κ1) is 16.5.